The molecule has 2 heterocycles. The van der Waals surface area contributed by atoms with Gasteiger partial charge in [-0.25, -0.2) is 4.39 Å². The zero-order valence-corrected chi connectivity index (χ0v) is 15.1. The van der Waals surface area contributed by atoms with Crippen LogP contribution in [0.3, 0.4) is 0 Å². The smallest absolute Gasteiger partial charge is 0.243 e. The van der Waals surface area contributed by atoms with Crippen LogP contribution in [0.5, 0.6) is 0 Å². The average molecular weight is 381 g/mol. The van der Waals surface area contributed by atoms with E-state index in [4.69, 9.17) is 0 Å². The third kappa shape index (κ3) is 4.32. The van der Waals surface area contributed by atoms with E-state index in [-0.39, 0.29) is 18.3 Å². The van der Waals surface area contributed by atoms with Gasteiger partial charge in [-0.15, -0.1) is 14.9 Å². The number of carbonyl (C=O) groups is 1. The first-order chi connectivity index (χ1) is 12.3. The van der Waals surface area contributed by atoms with Gasteiger partial charge in [0.1, 0.15) is 40.9 Å². The van der Waals surface area contributed by atoms with Crippen molar-refractivity contribution in [1.82, 2.24) is 24.8 Å². The van der Waals surface area contributed by atoms with E-state index in [0.717, 1.165) is 6.26 Å². The third-order valence-electron chi connectivity index (χ3n) is 4.24. The van der Waals surface area contributed by atoms with Gasteiger partial charge in [-0.3, -0.25) is 4.79 Å². The van der Waals surface area contributed by atoms with E-state index >= 15 is 0 Å². The number of halogens is 1. The van der Waals surface area contributed by atoms with E-state index in [0.29, 0.717) is 43.0 Å². The fraction of sp³-hybridized carbons (Fsp3) is 0.438. The number of nitrogens with one attached hydrogen (secondary N) is 2. The van der Waals surface area contributed by atoms with Crippen LogP contribution in [0.2, 0.25) is 0 Å². The van der Waals surface area contributed by atoms with Crippen LogP contribution < -0.4 is 10.0 Å². The Morgan fingerprint density at radius 2 is 2.19 bits per heavy atom. The summed E-state index contributed by atoms with van der Waals surface area (Å²) in [6.45, 7) is 0.287. The molecule has 2 unspecified atom stereocenters. The zero-order chi connectivity index (χ0) is 18.7. The number of rotatable bonds is 7. The summed E-state index contributed by atoms with van der Waals surface area (Å²) in [5.74, 6) is 0.556. The first-order valence-electron chi connectivity index (χ1n) is 8.23. The molecule has 2 atom stereocenters. The Hall–Kier alpha value is -2.17. The standard InChI is InChI=1S/C16H20FN5O3S/c1-26(24,25)19-10-15-21-20-14-7-6-13(22(14)15)16(23)18-9-8-11-4-2-3-5-12(11)17/h2-5,13H,6-10H2,1H3,(H2-,18,19,23,24,25). The van der Waals surface area contributed by atoms with Gasteiger partial charge in [0.05, 0.1) is 0 Å². The van der Waals surface area contributed by atoms with Crippen molar-refractivity contribution < 1.29 is 17.9 Å². The summed E-state index contributed by atoms with van der Waals surface area (Å²) in [6.07, 6.45) is 2.61. The fourth-order valence-corrected chi connectivity index (χ4v) is 3.38. The predicted molar refractivity (Wildman–Crippen MR) is 92.1 cm³/mol. The maximum atomic E-state index is 13.6. The molecule has 0 spiro atoms. The van der Waals surface area contributed by atoms with Crippen molar-refractivity contribution in [2.24, 2.45) is 0 Å². The minimum absolute atomic E-state index is 0.0230. The van der Waals surface area contributed by atoms with E-state index in [1.807, 2.05) is 0 Å². The van der Waals surface area contributed by atoms with E-state index < -0.39 is 16.4 Å². The normalized spacial score (nSPS) is 18.3. The van der Waals surface area contributed by atoms with Crippen LogP contribution in [0.4, 0.5) is 4.39 Å². The van der Waals surface area contributed by atoms with Crippen LogP contribution in [0.15, 0.2) is 24.3 Å². The summed E-state index contributed by atoms with van der Waals surface area (Å²) in [6, 6.07) is 5.96. The summed E-state index contributed by atoms with van der Waals surface area (Å²) < 4.78 is 40.2. The second kappa shape index (κ2) is 7.60. The van der Waals surface area contributed by atoms with E-state index in [9.17, 15) is 17.9 Å². The number of fused-ring (bicyclic) bond motifs is 1. The largest absolute Gasteiger partial charge is 0.598 e. The highest BCUT2D eigenvalue weighted by Gasteiger charge is 2.32. The number of hydrogen-bond donors (Lipinski definition) is 2. The van der Waals surface area contributed by atoms with Crippen molar-refractivity contribution in [2.45, 2.75) is 31.8 Å². The van der Waals surface area contributed by atoms with Gasteiger partial charge in [0, 0.05) is 13.0 Å². The van der Waals surface area contributed by atoms with Crippen molar-refractivity contribution in [3.05, 3.63) is 47.3 Å². The predicted octanol–water partition coefficient (Wildman–Crippen LogP) is 0.528. The number of amides is 1. The molecule has 8 nitrogen and oxygen atoms in total. The molecular formula is C16H20FN5O3S. The third-order valence-corrected chi connectivity index (χ3v) is 4.91. The Kier molecular flexibility index (Phi) is 5.44. The number of aryl methyl sites for hydroxylation is 1. The monoisotopic (exact) mass is 381 g/mol. The highest BCUT2D eigenvalue weighted by Crippen LogP contribution is 2.26. The van der Waals surface area contributed by atoms with Gasteiger partial charge in [0.25, 0.3) is 0 Å². The molecule has 1 amide bonds. The molecule has 0 fully saturated rings. The van der Waals surface area contributed by atoms with Crippen LogP contribution in [-0.2, 0) is 38.8 Å². The minimum atomic E-state index is -3.37. The maximum Gasteiger partial charge on any atom is 0.243 e. The van der Waals surface area contributed by atoms with Gasteiger partial charge >= 0.3 is 0 Å². The van der Waals surface area contributed by atoms with Gasteiger partial charge in [-0.05, 0) is 24.5 Å². The SMILES string of the molecule is C[S+](=O)([O-])NCc1nnc2n1C(C(=O)NCCc1ccccc1F)CC2. The highest BCUT2D eigenvalue weighted by atomic mass is 32.3. The summed E-state index contributed by atoms with van der Waals surface area (Å²) in [7, 11) is -3.37. The van der Waals surface area contributed by atoms with Gasteiger partial charge in [0.2, 0.25) is 5.91 Å². The van der Waals surface area contributed by atoms with Crippen LogP contribution in [0, 0.1) is 5.82 Å². The maximum absolute atomic E-state index is 13.6. The number of aromatic nitrogens is 3. The molecule has 0 aliphatic carbocycles. The first kappa shape index (κ1) is 18.6. The van der Waals surface area contributed by atoms with Crippen molar-refractivity contribution in [2.75, 3.05) is 12.8 Å². The summed E-state index contributed by atoms with van der Waals surface area (Å²) in [5, 5.41) is 10.8. The quantitative estimate of drug-likeness (QED) is 0.680. The molecule has 1 aliphatic rings. The number of nitrogens with zero attached hydrogens (tertiary/aromatic N) is 3. The molecule has 2 N–H and O–H groups in total. The average Bonchev–Trinajstić information content (AvgIpc) is 3.16. The number of benzene rings is 1. The van der Waals surface area contributed by atoms with E-state index in [2.05, 4.69) is 20.2 Å². The minimum Gasteiger partial charge on any atom is -0.598 e. The molecule has 140 valence electrons. The lowest BCUT2D eigenvalue weighted by molar-refractivity contribution is -0.124. The molecular weight excluding hydrogens is 361 g/mol. The van der Waals surface area contributed by atoms with Gasteiger partial charge in [-0.2, -0.15) is 0 Å². The lowest BCUT2D eigenvalue weighted by atomic mass is 10.1. The molecule has 2 aromatic rings. The molecule has 0 bridgehead atoms. The second-order valence-electron chi connectivity index (χ2n) is 6.18. The van der Waals surface area contributed by atoms with Crippen LogP contribution in [0.1, 0.15) is 29.7 Å². The Balaban J connectivity index is 1.61. The Bertz CT molecular complexity index is 850. The van der Waals surface area contributed by atoms with E-state index in [1.165, 1.54) is 6.07 Å². The van der Waals surface area contributed by atoms with Gasteiger partial charge in [0.15, 0.2) is 5.82 Å². The lowest BCUT2D eigenvalue weighted by Crippen LogP contribution is -2.34. The number of hydrogen-bond acceptors (Lipinski definition) is 5. The molecule has 0 radical (unpaired) electrons. The van der Waals surface area contributed by atoms with Crippen molar-refractivity contribution in [1.29, 1.82) is 0 Å². The van der Waals surface area contributed by atoms with Crippen molar-refractivity contribution in [3.8, 4) is 0 Å². The molecule has 3 rings (SSSR count). The van der Waals surface area contributed by atoms with Crippen LogP contribution in [0.25, 0.3) is 0 Å². The summed E-state index contributed by atoms with van der Waals surface area (Å²) in [4.78, 5) is 12.5. The molecule has 1 aromatic heterocycles. The molecule has 1 aliphatic heterocycles. The Labute approximate surface area is 151 Å². The van der Waals surface area contributed by atoms with Crippen LogP contribution in [-0.4, -0.2) is 38.0 Å². The lowest BCUT2D eigenvalue weighted by Gasteiger charge is -2.16. The fourth-order valence-electron chi connectivity index (χ4n) is 2.99. The Morgan fingerprint density at radius 3 is 2.92 bits per heavy atom. The molecule has 0 saturated carbocycles. The van der Waals surface area contributed by atoms with E-state index in [1.54, 1.807) is 22.8 Å². The second-order valence-corrected chi connectivity index (χ2v) is 8.02. The van der Waals surface area contributed by atoms with Crippen LogP contribution >= 0.6 is 0 Å². The highest BCUT2D eigenvalue weighted by molar-refractivity contribution is 7.95. The zero-order valence-electron chi connectivity index (χ0n) is 14.3. The number of carbonyl (C=O) groups excluding carboxylic acids is 1. The van der Waals surface area contributed by atoms with Gasteiger partial charge in [-0.1, -0.05) is 22.4 Å². The van der Waals surface area contributed by atoms with Gasteiger partial charge < -0.3 is 14.4 Å². The summed E-state index contributed by atoms with van der Waals surface area (Å²) >= 11 is 0. The molecule has 10 heteroatoms. The molecule has 1 aromatic carbocycles. The Morgan fingerprint density at radius 1 is 1.42 bits per heavy atom. The van der Waals surface area contributed by atoms with Crippen molar-refractivity contribution >= 4 is 16.3 Å². The molecule has 0 saturated heterocycles. The number of sulfonamides is 1. The first-order valence-corrected chi connectivity index (χ1v) is 10.1. The summed E-state index contributed by atoms with van der Waals surface area (Å²) in [5.41, 5.74) is 0.544. The van der Waals surface area contributed by atoms with Crippen molar-refractivity contribution in [3.63, 3.8) is 0 Å². The molecule has 26 heavy (non-hydrogen) atoms. The topological polar surface area (TPSA) is 112 Å².